The third kappa shape index (κ3) is 3.79. The Morgan fingerprint density at radius 3 is 3.12 bits per heavy atom. The van der Waals surface area contributed by atoms with Crippen molar-refractivity contribution < 1.29 is 9.53 Å². The standard InChI is InChI=1S/C10H14BrN3O2/c1-2-16-4-3-13-10(15)8-5-7(11)6-14-9(8)12/h5-6H,2-4H2,1H3,(H2,12,14)(H,13,15). The number of hydrogen-bond acceptors (Lipinski definition) is 4. The number of carbonyl (C=O) groups excluding carboxylic acids is 1. The number of nitrogens with one attached hydrogen (secondary N) is 1. The number of nitrogens with two attached hydrogens (primary N) is 1. The number of rotatable bonds is 5. The summed E-state index contributed by atoms with van der Waals surface area (Å²) in [5.41, 5.74) is 5.96. The molecule has 0 fully saturated rings. The van der Waals surface area contributed by atoms with Crippen molar-refractivity contribution in [2.75, 3.05) is 25.5 Å². The summed E-state index contributed by atoms with van der Waals surface area (Å²) in [7, 11) is 0. The second-order valence-corrected chi connectivity index (χ2v) is 3.95. The molecule has 1 rings (SSSR count). The molecule has 0 aliphatic rings. The number of aromatic nitrogens is 1. The first-order valence-corrected chi connectivity index (χ1v) is 5.71. The molecule has 1 aromatic heterocycles. The lowest BCUT2D eigenvalue weighted by Crippen LogP contribution is -2.28. The first-order valence-electron chi connectivity index (χ1n) is 4.92. The van der Waals surface area contributed by atoms with E-state index in [0.29, 0.717) is 25.3 Å². The zero-order valence-electron chi connectivity index (χ0n) is 9.00. The van der Waals surface area contributed by atoms with Crippen molar-refractivity contribution in [3.63, 3.8) is 0 Å². The van der Waals surface area contributed by atoms with E-state index in [-0.39, 0.29) is 11.7 Å². The smallest absolute Gasteiger partial charge is 0.255 e. The van der Waals surface area contributed by atoms with Gasteiger partial charge >= 0.3 is 0 Å². The minimum Gasteiger partial charge on any atom is -0.383 e. The molecule has 3 N–H and O–H groups in total. The molecule has 0 spiro atoms. The van der Waals surface area contributed by atoms with Crippen LogP contribution in [0, 0.1) is 0 Å². The van der Waals surface area contributed by atoms with Crippen molar-refractivity contribution in [3.8, 4) is 0 Å². The third-order valence-electron chi connectivity index (χ3n) is 1.87. The minimum absolute atomic E-state index is 0.220. The molecule has 6 heteroatoms. The lowest BCUT2D eigenvalue weighted by atomic mass is 10.2. The highest BCUT2D eigenvalue weighted by Crippen LogP contribution is 2.15. The summed E-state index contributed by atoms with van der Waals surface area (Å²) in [5.74, 6) is -0.0249. The Hall–Kier alpha value is -1.14. The van der Waals surface area contributed by atoms with Gasteiger partial charge in [-0.05, 0) is 28.9 Å². The molecule has 0 aliphatic carbocycles. The van der Waals surface area contributed by atoms with Crippen molar-refractivity contribution in [2.24, 2.45) is 0 Å². The molecule has 0 atom stereocenters. The van der Waals surface area contributed by atoms with Gasteiger partial charge in [0.05, 0.1) is 12.2 Å². The van der Waals surface area contributed by atoms with Crippen LogP contribution in [0.5, 0.6) is 0 Å². The molecular weight excluding hydrogens is 274 g/mol. The van der Waals surface area contributed by atoms with Crippen molar-refractivity contribution in [3.05, 3.63) is 22.3 Å². The maximum Gasteiger partial charge on any atom is 0.255 e. The van der Waals surface area contributed by atoms with Crippen LogP contribution in [-0.4, -0.2) is 30.6 Å². The molecule has 16 heavy (non-hydrogen) atoms. The Labute approximate surface area is 103 Å². The van der Waals surface area contributed by atoms with E-state index in [4.69, 9.17) is 10.5 Å². The van der Waals surface area contributed by atoms with E-state index in [1.165, 1.54) is 0 Å². The molecule has 0 radical (unpaired) electrons. The number of ether oxygens (including phenoxy) is 1. The molecule has 88 valence electrons. The Morgan fingerprint density at radius 2 is 2.44 bits per heavy atom. The summed E-state index contributed by atoms with van der Waals surface area (Å²) < 4.78 is 5.82. The molecule has 1 aromatic rings. The van der Waals surface area contributed by atoms with E-state index in [0.717, 1.165) is 4.47 Å². The fourth-order valence-electron chi connectivity index (χ4n) is 1.11. The van der Waals surface area contributed by atoms with Crippen LogP contribution in [0.25, 0.3) is 0 Å². The van der Waals surface area contributed by atoms with Gasteiger partial charge in [-0.15, -0.1) is 0 Å². The molecule has 0 saturated heterocycles. The summed E-state index contributed by atoms with van der Waals surface area (Å²) in [6.45, 7) is 3.48. The average molecular weight is 288 g/mol. The predicted octanol–water partition coefficient (Wildman–Crippen LogP) is 1.19. The van der Waals surface area contributed by atoms with Gasteiger partial charge in [0.25, 0.3) is 5.91 Å². The van der Waals surface area contributed by atoms with Gasteiger partial charge in [0.1, 0.15) is 5.82 Å². The maximum absolute atomic E-state index is 11.7. The number of amides is 1. The normalized spacial score (nSPS) is 10.1. The van der Waals surface area contributed by atoms with E-state index in [1.807, 2.05) is 6.92 Å². The molecule has 0 unspecified atom stereocenters. The monoisotopic (exact) mass is 287 g/mol. The second kappa shape index (κ2) is 6.44. The number of anilines is 1. The Balaban J connectivity index is 2.55. The SMILES string of the molecule is CCOCCNC(=O)c1cc(Br)cnc1N. The molecule has 0 aliphatic heterocycles. The fraction of sp³-hybridized carbons (Fsp3) is 0.400. The second-order valence-electron chi connectivity index (χ2n) is 3.04. The number of nitrogens with zero attached hydrogens (tertiary/aromatic N) is 1. The average Bonchev–Trinajstić information content (AvgIpc) is 2.27. The van der Waals surface area contributed by atoms with Gasteiger partial charge in [0, 0.05) is 23.8 Å². The number of pyridine rings is 1. The zero-order valence-corrected chi connectivity index (χ0v) is 10.6. The van der Waals surface area contributed by atoms with Gasteiger partial charge in [-0.3, -0.25) is 4.79 Å². The van der Waals surface area contributed by atoms with Crippen molar-refractivity contribution in [2.45, 2.75) is 6.92 Å². The Kier molecular flexibility index (Phi) is 5.21. The number of hydrogen-bond donors (Lipinski definition) is 2. The quantitative estimate of drug-likeness (QED) is 0.798. The first kappa shape index (κ1) is 12.9. The van der Waals surface area contributed by atoms with Gasteiger partial charge in [0.2, 0.25) is 0 Å². The van der Waals surface area contributed by atoms with E-state index < -0.39 is 0 Å². The summed E-state index contributed by atoms with van der Waals surface area (Å²) in [6, 6.07) is 1.64. The fourth-order valence-corrected chi connectivity index (χ4v) is 1.44. The van der Waals surface area contributed by atoms with Gasteiger partial charge in [-0.2, -0.15) is 0 Å². The van der Waals surface area contributed by atoms with E-state index in [1.54, 1.807) is 12.3 Å². The number of halogens is 1. The molecule has 1 heterocycles. The lowest BCUT2D eigenvalue weighted by Gasteiger charge is -2.07. The summed E-state index contributed by atoms with van der Waals surface area (Å²) in [5, 5.41) is 2.70. The third-order valence-corrected chi connectivity index (χ3v) is 2.30. The van der Waals surface area contributed by atoms with Crippen LogP contribution in [0.4, 0.5) is 5.82 Å². The van der Waals surface area contributed by atoms with Crippen LogP contribution in [0.15, 0.2) is 16.7 Å². The van der Waals surface area contributed by atoms with Crippen LogP contribution >= 0.6 is 15.9 Å². The van der Waals surface area contributed by atoms with Crippen molar-refractivity contribution >= 4 is 27.7 Å². The molecular formula is C10H14BrN3O2. The van der Waals surface area contributed by atoms with Gasteiger partial charge in [-0.1, -0.05) is 0 Å². The molecule has 0 aromatic carbocycles. The highest BCUT2D eigenvalue weighted by atomic mass is 79.9. The van der Waals surface area contributed by atoms with E-state index in [9.17, 15) is 4.79 Å². The summed E-state index contributed by atoms with van der Waals surface area (Å²) in [6.07, 6.45) is 1.55. The van der Waals surface area contributed by atoms with Crippen LogP contribution in [-0.2, 0) is 4.74 Å². The van der Waals surface area contributed by atoms with E-state index in [2.05, 4.69) is 26.2 Å². The Morgan fingerprint density at radius 1 is 1.69 bits per heavy atom. The van der Waals surface area contributed by atoms with Crippen molar-refractivity contribution in [1.82, 2.24) is 10.3 Å². The predicted molar refractivity (Wildman–Crippen MR) is 65.2 cm³/mol. The highest BCUT2D eigenvalue weighted by molar-refractivity contribution is 9.10. The lowest BCUT2D eigenvalue weighted by molar-refractivity contribution is 0.0923. The molecule has 0 saturated carbocycles. The number of nitrogen functional groups attached to an aromatic ring is 1. The molecule has 0 bridgehead atoms. The molecule has 5 nitrogen and oxygen atoms in total. The van der Waals surface area contributed by atoms with Gasteiger partial charge < -0.3 is 15.8 Å². The number of carbonyl (C=O) groups is 1. The van der Waals surface area contributed by atoms with Gasteiger partial charge in [-0.25, -0.2) is 4.98 Å². The van der Waals surface area contributed by atoms with Crippen LogP contribution in [0.1, 0.15) is 17.3 Å². The van der Waals surface area contributed by atoms with Crippen LogP contribution < -0.4 is 11.1 Å². The van der Waals surface area contributed by atoms with Crippen molar-refractivity contribution in [1.29, 1.82) is 0 Å². The van der Waals surface area contributed by atoms with E-state index >= 15 is 0 Å². The van der Waals surface area contributed by atoms with Crippen LogP contribution in [0.3, 0.4) is 0 Å². The van der Waals surface area contributed by atoms with Gasteiger partial charge in [0.15, 0.2) is 0 Å². The summed E-state index contributed by atoms with van der Waals surface area (Å²) in [4.78, 5) is 15.6. The largest absolute Gasteiger partial charge is 0.383 e. The Bertz CT molecular complexity index is 371. The van der Waals surface area contributed by atoms with Crippen LogP contribution in [0.2, 0.25) is 0 Å². The minimum atomic E-state index is -0.244. The topological polar surface area (TPSA) is 77.2 Å². The first-order chi connectivity index (χ1) is 7.65. The zero-order chi connectivity index (χ0) is 12.0. The molecule has 1 amide bonds. The summed E-state index contributed by atoms with van der Waals surface area (Å²) >= 11 is 3.23. The maximum atomic E-state index is 11.7. The highest BCUT2D eigenvalue weighted by Gasteiger charge is 2.10.